The summed E-state index contributed by atoms with van der Waals surface area (Å²) in [5.74, 6) is 0.528. The molecule has 2 N–H and O–H groups in total. The van der Waals surface area contributed by atoms with Crippen molar-refractivity contribution in [3.63, 3.8) is 0 Å². The van der Waals surface area contributed by atoms with Crippen molar-refractivity contribution in [3.8, 4) is 0 Å². The molecule has 8 nitrogen and oxygen atoms in total. The zero-order valence-corrected chi connectivity index (χ0v) is 15.4. The molecule has 0 aliphatic carbocycles. The van der Waals surface area contributed by atoms with Gasteiger partial charge in [0, 0.05) is 31.5 Å². The van der Waals surface area contributed by atoms with E-state index in [1.54, 1.807) is 12.5 Å². The third-order valence-electron chi connectivity index (χ3n) is 4.43. The van der Waals surface area contributed by atoms with Gasteiger partial charge in [-0.1, -0.05) is 0 Å². The van der Waals surface area contributed by atoms with Crippen LogP contribution in [0.15, 0.2) is 23.6 Å². The predicted molar refractivity (Wildman–Crippen MR) is 95.2 cm³/mol. The van der Waals surface area contributed by atoms with Crippen LogP contribution in [0.25, 0.3) is 0 Å². The maximum absolute atomic E-state index is 12.1. The molecule has 1 fully saturated rings. The molecule has 0 bridgehead atoms. The van der Waals surface area contributed by atoms with Gasteiger partial charge in [0.1, 0.15) is 4.90 Å². The first-order valence-electron chi connectivity index (χ1n) is 8.49. The average Bonchev–Trinajstić information content (AvgIpc) is 3.07. The van der Waals surface area contributed by atoms with E-state index >= 15 is 0 Å². The molecular formula is C16H24N6O2S. The fourth-order valence-corrected chi connectivity index (χ4v) is 3.92. The third-order valence-corrected chi connectivity index (χ3v) is 5.55. The summed E-state index contributed by atoms with van der Waals surface area (Å²) in [4.78, 5) is 13.1. The Morgan fingerprint density at radius 3 is 2.92 bits per heavy atom. The number of aromatic nitrogens is 4. The number of piperidine rings is 1. The van der Waals surface area contributed by atoms with E-state index in [0.717, 1.165) is 38.2 Å². The van der Waals surface area contributed by atoms with Crippen LogP contribution in [-0.4, -0.2) is 47.3 Å². The summed E-state index contributed by atoms with van der Waals surface area (Å²) in [6.45, 7) is 5.12. The number of nitrogens with one attached hydrogen (secondary N) is 2. The van der Waals surface area contributed by atoms with Crippen molar-refractivity contribution in [2.75, 3.05) is 24.7 Å². The van der Waals surface area contributed by atoms with Crippen LogP contribution in [-0.2, 0) is 22.9 Å². The van der Waals surface area contributed by atoms with Gasteiger partial charge < -0.3 is 15.2 Å². The first-order chi connectivity index (χ1) is 12.0. The Morgan fingerprint density at radius 1 is 1.40 bits per heavy atom. The first kappa shape index (κ1) is 17.8. The molecule has 2 aromatic heterocycles. The van der Waals surface area contributed by atoms with E-state index in [-0.39, 0.29) is 10.8 Å². The lowest BCUT2D eigenvalue weighted by atomic mass is 9.96. The molecule has 3 rings (SSSR count). The van der Waals surface area contributed by atoms with Crippen molar-refractivity contribution in [2.24, 2.45) is 0 Å². The lowest BCUT2D eigenvalue weighted by molar-refractivity contribution is 0.448. The maximum Gasteiger partial charge on any atom is 0.223 e. The minimum absolute atomic E-state index is 0.0863. The summed E-state index contributed by atoms with van der Waals surface area (Å²) in [6, 6.07) is 0. The normalized spacial score (nSPS) is 18.2. The van der Waals surface area contributed by atoms with Crippen molar-refractivity contribution in [3.05, 3.63) is 30.1 Å². The molecule has 0 saturated carbocycles. The molecule has 1 aliphatic rings. The molecule has 1 aliphatic heterocycles. The molecule has 136 valence electrons. The van der Waals surface area contributed by atoms with E-state index in [1.165, 1.54) is 12.5 Å². The third kappa shape index (κ3) is 4.16. The highest BCUT2D eigenvalue weighted by Crippen LogP contribution is 2.28. The quantitative estimate of drug-likeness (QED) is 0.793. The molecule has 1 atom stereocenters. The number of hydrogen-bond donors (Lipinski definition) is 2. The van der Waals surface area contributed by atoms with Gasteiger partial charge in [0.15, 0.2) is 9.84 Å². The van der Waals surface area contributed by atoms with Gasteiger partial charge in [0.2, 0.25) is 5.95 Å². The monoisotopic (exact) mass is 364 g/mol. The van der Waals surface area contributed by atoms with E-state index < -0.39 is 9.84 Å². The summed E-state index contributed by atoms with van der Waals surface area (Å²) in [7, 11) is -3.36. The van der Waals surface area contributed by atoms with Crippen molar-refractivity contribution < 1.29 is 8.42 Å². The van der Waals surface area contributed by atoms with Crippen molar-refractivity contribution in [2.45, 2.75) is 43.7 Å². The van der Waals surface area contributed by atoms with Crippen LogP contribution in [0.2, 0.25) is 0 Å². The molecule has 0 radical (unpaired) electrons. The van der Waals surface area contributed by atoms with Crippen LogP contribution in [0.3, 0.4) is 0 Å². The summed E-state index contributed by atoms with van der Waals surface area (Å²) >= 11 is 0. The van der Waals surface area contributed by atoms with Crippen LogP contribution < -0.4 is 10.6 Å². The lowest BCUT2D eigenvalue weighted by Gasteiger charge is -2.24. The SMILES string of the molecule is CCn1cncc1CNc1ncc(S(C)(=O)=O)c([C@@H]2CCCNC2)n1. The van der Waals surface area contributed by atoms with Crippen LogP contribution in [0, 0.1) is 0 Å². The second-order valence-corrected chi connectivity index (χ2v) is 8.27. The fourth-order valence-electron chi connectivity index (χ4n) is 3.08. The number of nitrogens with zero attached hydrogens (tertiary/aromatic N) is 4. The Kier molecular flexibility index (Phi) is 5.33. The lowest BCUT2D eigenvalue weighted by Crippen LogP contribution is -2.30. The molecule has 0 spiro atoms. The topological polar surface area (TPSA) is 102 Å². The smallest absolute Gasteiger partial charge is 0.223 e. The van der Waals surface area contributed by atoms with Crippen molar-refractivity contribution in [1.29, 1.82) is 0 Å². The minimum atomic E-state index is -3.36. The number of aryl methyl sites for hydroxylation is 1. The number of anilines is 1. The minimum Gasteiger partial charge on any atom is -0.349 e. The largest absolute Gasteiger partial charge is 0.349 e. The van der Waals surface area contributed by atoms with Gasteiger partial charge in [0.05, 0.1) is 30.5 Å². The van der Waals surface area contributed by atoms with Gasteiger partial charge in [-0.25, -0.2) is 23.4 Å². The maximum atomic E-state index is 12.1. The molecule has 25 heavy (non-hydrogen) atoms. The number of rotatable bonds is 6. The first-order valence-corrected chi connectivity index (χ1v) is 10.4. The van der Waals surface area contributed by atoms with Crippen LogP contribution in [0.4, 0.5) is 5.95 Å². The van der Waals surface area contributed by atoms with Crippen molar-refractivity contribution >= 4 is 15.8 Å². The summed E-state index contributed by atoms with van der Waals surface area (Å²) in [5, 5.41) is 6.50. The Morgan fingerprint density at radius 2 is 2.24 bits per heavy atom. The molecular weight excluding hydrogens is 340 g/mol. The molecule has 3 heterocycles. The van der Waals surface area contributed by atoms with E-state index in [4.69, 9.17) is 0 Å². The summed E-state index contributed by atoms with van der Waals surface area (Å²) < 4.78 is 26.2. The van der Waals surface area contributed by atoms with Gasteiger partial charge in [-0.3, -0.25) is 0 Å². The highest BCUT2D eigenvalue weighted by atomic mass is 32.2. The predicted octanol–water partition coefficient (Wildman–Crippen LogP) is 1.18. The zero-order valence-electron chi connectivity index (χ0n) is 14.6. The van der Waals surface area contributed by atoms with Gasteiger partial charge in [-0.15, -0.1) is 0 Å². The molecule has 9 heteroatoms. The number of imidazole rings is 1. The van der Waals surface area contributed by atoms with Gasteiger partial charge >= 0.3 is 0 Å². The molecule has 0 amide bonds. The number of sulfone groups is 1. The molecule has 1 saturated heterocycles. The summed E-state index contributed by atoms with van der Waals surface area (Å²) in [5.41, 5.74) is 1.63. The molecule has 0 aromatic carbocycles. The Balaban J connectivity index is 1.85. The Labute approximate surface area is 148 Å². The standard InChI is InChI=1S/C16H24N6O2S/c1-3-22-11-18-8-13(22)9-19-16-20-10-14(25(2,23)24)15(21-16)12-5-4-6-17-7-12/h8,10-12,17H,3-7,9H2,1-2H3,(H,19,20,21)/t12-/m1/s1. The van der Waals surface area contributed by atoms with Crippen LogP contribution in [0.5, 0.6) is 0 Å². The average molecular weight is 364 g/mol. The number of hydrogen-bond acceptors (Lipinski definition) is 7. The van der Waals surface area contributed by atoms with Crippen molar-refractivity contribution in [1.82, 2.24) is 24.8 Å². The van der Waals surface area contributed by atoms with E-state index in [9.17, 15) is 8.42 Å². The van der Waals surface area contributed by atoms with Crippen LogP contribution >= 0.6 is 0 Å². The van der Waals surface area contributed by atoms with Gasteiger partial charge in [-0.05, 0) is 26.3 Å². The molecule has 0 unspecified atom stereocenters. The van der Waals surface area contributed by atoms with Crippen LogP contribution in [0.1, 0.15) is 37.1 Å². The fraction of sp³-hybridized carbons (Fsp3) is 0.562. The highest BCUT2D eigenvalue weighted by molar-refractivity contribution is 7.90. The van der Waals surface area contributed by atoms with E-state index in [0.29, 0.717) is 18.2 Å². The zero-order chi connectivity index (χ0) is 17.9. The summed E-state index contributed by atoms with van der Waals surface area (Å²) in [6.07, 6.45) is 8.14. The Hall–Kier alpha value is -2.00. The van der Waals surface area contributed by atoms with Gasteiger partial charge in [0.25, 0.3) is 0 Å². The van der Waals surface area contributed by atoms with E-state index in [1.807, 2.05) is 4.57 Å². The highest BCUT2D eigenvalue weighted by Gasteiger charge is 2.25. The van der Waals surface area contributed by atoms with Gasteiger partial charge in [-0.2, -0.15) is 0 Å². The second kappa shape index (κ2) is 7.49. The Bertz CT molecular complexity index is 827. The van der Waals surface area contributed by atoms with E-state index in [2.05, 4.69) is 32.5 Å². The molecule has 2 aromatic rings. The second-order valence-electron chi connectivity index (χ2n) is 6.28.